The molecule has 1 saturated carbocycles. The van der Waals surface area contributed by atoms with E-state index in [0.29, 0.717) is 47.6 Å². The van der Waals surface area contributed by atoms with Crippen molar-refractivity contribution < 1.29 is 14.6 Å². The zero-order valence-corrected chi connectivity index (χ0v) is 18.0. The van der Waals surface area contributed by atoms with Crippen molar-refractivity contribution >= 4 is 28.8 Å². The largest absolute Gasteiger partial charge is 0.493 e. The van der Waals surface area contributed by atoms with Crippen molar-refractivity contribution in [1.82, 2.24) is 5.32 Å². The van der Waals surface area contributed by atoms with Gasteiger partial charge >= 0.3 is 0 Å². The number of aliphatic hydroxyl groups excluding tert-OH is 1. The molecule has 6 heteroatoms. The Morgan fingerprint density at radius 3 is 2.93 bits per heavy atom. The predicted molar refractivity (Wildman–Crippen MR) is 113 cm³/mol. The number of aryl methyl sites for hydroxylation is 1. The second-order valence-electron chi connectivity index (χ2n) is 8.35. The van der Waals surface area contributed by atoms with Crippen molar-refractivity contribution in [3.8, 4) is 5.75 Å². The van der Waals surface area contributed by atoms with Crippen molar-refractivity contribution in [1.29, 1.82) is 0 Å². The lowest BCUT2D eigenvalue weighted by atomic mass is 9.95. The summed E-state index contributed by atoms with van der Waals surface area (Å²) in [5.41, 5.74) is 3.96. The summed E-state index contributed by atoms with van der Waals surface area (Å²) in [5, 5.41) is 12.4. The molecule has 0 spiro atoms. The van der Waals surface area contributed by atoms with Gasteiger partial charge in [0.05, 0.1) is 11.5 Å². The molecule has 0 radical (unpaired) electrons. The minimum absolute atomic E-state index is 0.00667. The number of amides is 1. The third-order valence-corrected chi connectivity index (χ3v) is 7.77. The summed E-state index contributed by atoms with van der Waals surface area (Å²) in [6.07, 6.45) is 1.61. The molecule has 1 aromatic carbocycles. The first-order valence-corrected chi connectivity index (χ1v) is 11.0. The number of nitrogens with one attached hydrogen (secondary N) is 1. The maximum absolute atomic E-state index is 12.8. The molecule has 2 atom stereocenters. The van der Waals surface area contributed by atoms with E-state index in [1.54, 1.807) is 17.4 Å². The molecule has 1 fully saturated rings. The van der Waals surface area contributed by atoms with Crippen LogP contribution in [0.25, 0.3) is 0 Å². The van der Waals surface area contributed by atoms with E-state index in [1.165, 1.54) is 16.0 Å². The molecule has 4 rings (SSSR count). The van der Waals surface area contributed by atoms with Gasteiger partial charge in [-0.1, -0.05) is 31.5 Å². The lowest BCUT2D eigenvalue weighted by molar-refractivity contribution is 0.0954. The van der Waals surface area contributed by atoms with Crippen LogP contribution < -0.4 is 10.1 Å². The van der Waals surface area contributed by atoms with Gasteiger partial charge in [-0.15, -0.1) is 11.3 Å². The maximum atomic E-state index is 12.8. The Bertz CT molecular complexity index is 921. The number of hydrogen-bond acceptors (Lipinski definition) is 4. The molecule has 2 aliphatic rings. The fourth-order valence-corrected chi connectivity index (χ4v) is 5.97. The lowest BCUT2D eigenvalue weighted by Crippen LogP contribution is -2.23. The van der Waals surface area contributed by atoms with Gasteiger partial charge in [0.15, 0.2) is 0 Å². The number of thiophene rings is 1. The van der Waals surface area contributed by atoms with E-state index in [4.69, 9.17) is 21.4 Å². The zero-order valence-electron chi connectivity index (χ0n) is 16.5. The van der Waals surface area contributed by atoms with Crippen LogP contribution in [0.2, 0.25) is 5.02 Å². The number of rotatable bonds is 7. The van der Waals surface area contributed by atoms with Crippen LogP contribution in [0.3, 0.4) is 0 Å². The van der Waals surface area contributed by atoms with Crippen LogP contribution in [0.4, 0.5) is 0 Å². The topological polar surface area (TPSA) is 58.6 Å². The summed E-state index contributed by atoms with van der Waals surface area (Å²) < 4.78 is 5.53. The van der Waals surface area contributed by atoms with Gasteiger partial charge in [-0.2, -0.15) is 0 Å². The first-order valence-electron chi connectivity index (χ1n) is 9.77. The van der Waals surface area contributed by atoms with Crippen molar-refractivity contribution in [2.45, 2.75) is 46.1 Å². The van der Waals surface area contributed by atoms with E-state index >= 15 is 0 Å². The lowest BCUT2D eigenvalue weighted by Gasteiger charge is -2.11. The third-order valence-electron chi connectivity index (χ3n) is 6.26. The van der Waals surface area contributed by atoms with Crippen molar-refractivity contribution in [3.05, 3.63) is 49.7 Å². The molecule has 2 aliphatic carbocycles. The van der Waals surface area contributed by atoms with E-state index in [2.05, 4.69) is 26.1 Å². The van der Waals surface area contributed by atoms with E-state index in [0.717, 1.165) is 16.9 Å². The third kappa shape index (κ3) is 3.34. The molecule has 2 N–H and O–H groups in total. The second-order valence-corrected chi connectivity index (χ2v) is 9.98. The molecule has 1 amide bonds. The Kier molecular flexibility index (Phi) is 5.19. The molecule has 150 valence electrons. The average molecular weight is 420 g/mol. The summed E-state index contributed by atoms with van der Waals surface area (Å²) >= 11 is 7.97. The van der Waals surface area contributed by atoms with Gasteiger partial charge in [0, 0.05) is 29.5 Å². The number of benzene rings is 1. The SMILES string of the molecule is Cc1sc(C(=O)NCc2ccc(OCCCO)cc2Cl)c2c1C1C(C2)C1(C)C. The molecule has 28 heavy (non-hydrogen) atoms. The highest BCUT2D eigenvalue weighted by molar-refractivity contribution is 7.14. The van der Waals surface area contributed by atoms with Gasteiger partial charge < -0.3 is 15.2 Å². The molecule has 4 nitrogen and oxygen atoms in total. The van der Waals surface area contributed by atoms with Crippen LogP contribution in [0, 0.1) is 18.3 Å². The van der Waals surface area contributed by atoms with Crippen LogP contribution >= 0.6 is 22.9 Å². The van der Waals surface area contributed by atoms with Crippen molar-refractivity contribution in [2.24, 2.45) is 11.3 Å². The monoisotopic (exact) mass is 419 g/mol. The number of ether oxygens (including phenoxy) is 1. The fourth-order valence-electron chi connectivity index (χ4n) is 4.59. The number of carbonyl (C=O) groups excluding carboxylic acids is 1. The Balaban J connectivity index is 1.41. The summed E-state index contributed by atoms with van der Waals surface area (Å²) in [6.45, 7) is 7.75. The normalized spacial score (nSPS) is 21.2. The van der Waals surface area contributed by atoms with Gasteiger partial charge in [0.2, 0.25) is 0 Å². The molecular weight excluding hydrogens is 394 g/mol. The first-order chi connectivity index (χ1) is 13.3. The van der Waals surface area contributed by atoms with Gasteiger partial charge in [-0.05, 0) is 59.4 Å². The Morgan fingerprint density at radius 1 is 1.43 bits per heavy atom. The molecule has 1 heterocycles. The van der Waals surface area contributed by atoms with Crippen LogP contribution in [-0.4, -0.2) is 24.2 Å². The Hall–Kier alpha value is -1.56. The van der Waals surface area contributed by atoms with Gasteiger partial charge in [0.1, 0.15) is 5.75 Å². The highest BCUT2D eigenvalue weighted by Gasteiger charge is 2.63. The summed E-state index contributed by atoms with van der Waals surface area (Å²) in [6, 6.07) is 5.47. The van der Waals surface area contributed by atoms with Crippen LogP contribution in [0.5, 0.6) is 5.75 Å². The molecule has 1 aromatic heterocycles. The molecule has 0 bridgehead atoms. The molecule has 0 saturated heterocycles. The standard InChI is InChI=1S/C22H26ClNO3S/c1-12-18-15(10-16-19(18)22(16,2)3)20(28-12)21(26)24-11-13-5-6-14(9-17(13)23)27-8-4-7-25/h5-6,9,16,19,25H,4,7-8,10-11H2,1-3H3,(H,24,26). The Labute approximate surface area is 174 Å². The minimum Gasteiger partial charge on any atom is -0.493 e. The maximum Gasteiger partial charge on any atom is 0.261 e. The fraction of sp³-hybridized carbons (Fsp3) is 0.500. The van der Waals surface area contributed by atoms with E-state index in [1.807, 2.05) is 12.1 Å². The van der Waals surface area contributed by atoms with Gasteiger partial charge in [-0.3, -0.25) is 4.79 Å². The molecule has 0 aliphatic heterocycles. The molecule has 2 aromatic rings. The van der Waals surface area contributed by atoms with Crippen LogP contribution in [0.15, 0.2) is 18.2 Å². The van der Waals surface area contributed by atoms with Crippen LogP contribution in [0.1, 0.15) is 57.4 Å². The van der Waals surface area contributed by atoms with Gasteiger partial charge in [-0.25, -0.2) is 0 Å². The number of hydrogen-bond donors (Lipinski definition) is 2. The van der Waals surface area contributed by atoms with E-state index in [9.17, 15) is 4.79 Å². The predicted octanol–water partition coefficient (Wildman–Crippen LogP) is 4.70. The van der Waals surface area contributed by atoms with E-state index in [-0.39, 0.29) is 12.5 Å². The highest BCUT2D eigenvalue weighted by Crippen LogP contribution is 2.71. The molecular formula is C22H26ClNO3S. The first kappa shape index (κ1) is 19.7. The number of halogens is 1. The summed E-state index contributed by atoms with van der Waals surface area (Å²) in [5.74, 6) is 1.99. The number of carbonyl (C=O) groups is 1. The smallest absolute Gasteiger partial charge is 0.261 e. The summed E-state index contributed by atoms with van der Waals surface area (Å²) in [4.78, 5) is 15.0. The van der Waals surface area contributed by atoms with Crippen molar-refractivity contribution in [3.63, 3.8) is 0 Å². The zero-order chi connectivity index (χ0) is 20.1. The minimum atomic E-state index is -0.00667. The van der Waals surface area contributed by atoms with Gasteiger partial charge in [0.25, 0.3) is 5.91 Å². The Morgan fingerprint density at radius 2 is 2.21 bits per heavy atom. The summed E-state index contributed by atoms with van der Waals surface area (Å²) in [7, 11) is 0. The van der Waals surface area contributed by atoms with Crippen LogP contribution in [-0.2, 0) is 13.0 Å². The number of aliphatic hydroxyl groups is 1. The van der Waals surface area contributed by atoms with E-state index < -0.39 is 0 Å². The second kappa shape index (κ2) is 7.36. The highest BCUT2D eigenvalue weighted by atomic mass is 35.5. The quantitative estimate of drug-likeness (QED) is 0.639. The molecule has 2 unspecified atom stereocenters. The number of fused-ring (bicyclic) bond motifs is 3. The van der Waals surface area contributed by atoms with Crippen molar-refractivity contribution in [2.75, 3.05) is 13.2 Å². The average Bonchev–Trinajstić information content (AvgIpc) is 2.98.